The van der Waals surface area contributed by atoms with Gasteiger partial charge in [-0.05, 0) is 38.2 Å². The maximum atomic E-state index is 10.1. The maximum absolute atomic E-state index is 10.1. The molecule has 4 aliphatic rings. The average Bonchev–Trinajstić information content (AvgIpc) is 2.86. The molecule has 4 aliphatic heterocycles. The summed E-state index contributed by atoms with van der Waals surface area (Å²) in [7, 11) is 0. The van der Waals surface area contributed by atoms with E-state index in [1.165, 1.54) is 0 Å². The Morgan fingerprint density at radius 1 is 0.667 bits per heavy atom. The fourth-order valence-corrected chi connectivity index (χ4v) is 3.22. The predicted molar refractivity (Wildman–Crippen MR) is 128 cm³/mol. The molecule has 0 amide bonds. The minimum Gasteiger partial charge on any atom is -0.850 e. The second-order valence-electron chi connectivity index (χ2n) is 9.93. The van der Waals surface area contributed by atoms with Crippen LogP contribution >= 0.6 is 0 Å². The van der Waals surface area contributed by atoms with Gasteiger partial charge in [0.15, 0.2) is 12.6 Å². The molecule has 36 heavy (non-hydrogen) atoms. The summed E-state index contributed by atoms with van der Waals surface area (Å²) in [5, 5.41) is 10.1. The maximum Gasteiger partial charge on any atom is 1.00 e. The van der Waals surface area contributed by atoms with Gasteiger partial charge < -0.3 is 43.0 Å². The first-order valence-electron chi connectivity index (χ1n) is 11.8. The molecular weight excluding hydrogens is 495 g/mol. The monoisotopic (exact) mass is 536 g/mol. The summed E-state index contributed by atoms with van der Waals surface area (Å²) in [4.78, 5) is 0. The summed E-state index contributed by atoms with van der Waals surface area (Å²) in [5.74, 6) is 1.19. The van der Waals surface area contributed by atoms with E-state index in [1.807, 2.05) is 26.0 Å². The minimum atomic E-state index is -0.750. The van der Waals surface area contributed by atoms with Gasteiger partial charge in [-0.15, -0.1) is 5.60 Å². The average molecular weight is 537 g/mol. The molecule has 10 heteroatoms. The van der Waals surface area contributed by atoms with Crippen LogP contribution < -0.4 is 56.5 Å². The van der Waals surface area contributed by atoms with Crippen molar-refractivity contribution in [1.29, 1.82) is 0 Å². The zero-order chi connectivity index (χ0) is 26.0. The standard InChI is InChI=1S/2C11H16O4.C4H9O.K/c2*1-3-9-12-5-11(6-13-9)7-14-10(4-2)15-8-11;1-4(2,3)5;/h3-4H,5-8H2,1-2H3;3-4,9-10H,1-2,5-8H2;1-3H3;/q;;-1;+1. The molecule has 9 nitrogen and oxygen atoms in total. The van der Waals surface area contributed by atoms with Crippen LogP contribution in [0.5, 0.6) is 0 Å². The van der Waals surface area contributed by atoms with Crippen LogP contribution in [0.15, 0.2) is 49.4 Å². The third-order valence-corrected chi connectivity index (χ3v) is 5.15. The van der Waals surface area contributed by atoms with Crippen molar-refractivity contribution in [3.63, 3.8) is 0 Å². The fourth-order valence-electron chi connectivity index (χ4n) is 3.22. The van der Waals surface area contributed by atoms with E-state index < -0.39 is 5.60 Å². The quantitative estimate of drug-likeness (QED) is 0.358. The van der Waals surface area contributed by atoms with Gasteiger partial charge in [-0.1, -0.05) is 33.9 Å². The molecule has 0 unspecified atom stereocenters. The molecule has 2 spiro atoms. The molecule has 4 fully saturated rings. The SMILES string of the molecule is C=CC1OCC2(CO1)COC(C=C)OC2.CC(C)(C)[O-].CC=C1OCC2(CO1)COC(=CC)OC2.[K+]. The molecule has 4 rings (SSSR count). The molecule has 0 aliphatic carbocycles. The fraction of sp³-hybridized carbons (Fsp3) is 0.692. The summed E-state index contributed by atoms with van der Waals surface area (Å²) in [6.45, 7) is 20.6. The van der Waals surface area contributed by atoms with Gasteiger partial charge in [0.05, 0.1) is 31.8 Å². The van der Waals surface area contributed by atoms with Crippen molar-refractivity contribution in [2.24, 2.45) is 10.8 Å². The third kappa shape index (κ3) is 11.5. The van der Waals surface area contributed by atoms with E-state index in [2.05, 4.69) is 13.2 Å². The van der Waals surface area contributed by atoms with E-state index in [1.54, 1.807) is 32.9 Å². The van der Waals surface area contributed by atoms with Crippen LogP contribution in [0.4, 0.5) is 0 Å². The molecule has 0 aromatic rings. The molecule has 0 atom stereocenters. The van der Waals surface area contributed by atoms with Crippen LogP contribution in [0.1, 0.15) is 34.6 Å². The summed E-state index contributed by atoms with van der Waals surface area (Å²) in [5.41, 5.74) is -1.07. The van der Waals surface area contributed by atoms with E-state index in [0.717, 1.165) is 0 Å². The van der Waals surface area contributed by atoms with Crippen LogP contribution in [-0.2, 0) is 37.9 Å². The Balaban J connectivity index is 0.000000298. The first-order valence-corrected chi connectivity index (χ1v) is 11.8. The Morgan fingerprint density at radius 3 is 1.14 bits per heavy atom. The first kappa shape index (κ1) is 33.6. The van der Waals surface area contributed by atoms with Gasteiger partial charge in [0, 0.05) is 0 Å². The smallest absolute Gasteiger partial charge is 0.850 e. The Labute approximate surface area is 258 Å². The Morgan fingerprint density at radius 2 is 0.917 bits per heavy atom. The summed E-state index contributed by atoms with van der Waals surface area (Å²) >= 11 is 0. The van der Waals surface area contributed by atoms with Crippen LogP contribution in [0.2, 0.25) is 0 Å². The summed E-state index contributed by atoms with van der Waals surface area (Å²) in [6.07, 6.45) is 6.32. The second-order valence-corrected chi connectivity index (χ2v) is 9.93. The number of ether oxygens (including phenoxy) is 8. The Bertz CT molecular complexity index is 639. The predicted octanol–water partition coefficient (Wildman–Crippen LogP) is 0.0288. The largest absolute Gasteiger partial charge is 1.00 e. The molecule has 200 valence electrons. The van der Waals surface area contributed by atoms with Crippen molar-refractivity contribution in [2.45, 2.75) is 52.8 Å². The van der Waals surface area contributed by atoms with Crippen molar-refractivity contribution in [3.8, 4) is 0 Å². The van der Waals surface area contributed by atoms with E-state index in [9.17, 15) is 5.11 Å². The van der Waals surface area contributed by atoms with E-state index in [0.29, 0.717) is 64.7 Å². The molecule has 4 saturated heterocycles. The zero-order valence-corrected chi connectivity index (χ0v) is 25.8. The van der Waals surface area contributed by atoms with Crippen molar-refractivity contribution >= 4 is 0 Å². The first-order chi connectivity index (χ1) is 16.6. The third-order valence-electron chi connectivity index (χ3n) is 5.15. The number of hydrogen-bond donors (Lipinski definition) is 0. The Hall–Kier alpha value is -0.404. The molecule has 4 heterocycles. The van der Waals surface area contributed by atoms with E-state index >= 15 is 0 Å². The molecule has 0 N–H and O–H groups in total. The number of rotatable bonds is 2. The van der Waals surface area contributed by atoms with E-state index in [-0.39, 0.29) is 74.8 Å². The summed E-state index contributed by atoms with van der Waals surface area (Å²) < 4.78 is 43.6. The van der Waals surface area contributed by atoms with Gasteiger partial charge in [-0.25, -0.2) is 0 Å². The summed E-state index contributed by atoms with van der Waals surface area (Å²) in [6, 6.07) is 0. The molecule has 0 radical (unpaired) electrons. The molecule has 0 aromatic heterocycles. The van der Waals surface area contributed by atoms with E-state index in [4.69, 9.17) is 37.9 Å². The minimum absolute atomic E-state index is 0. The zero-order valence-electron chi connectivity index (χ0n) is 22.7. The topological polar surface area (TPSA) is 96.9 Å². The van der Waals surface area contributed by atoms with Crippen LogP contribution in [0, 0.1) is 10.8 Å². The van der Waals surface area contributed by atoms with Gasteiger partial charge in [0.1, 0.15) is 31.8 Å². The van der Waals surface area contributed by atoms with Gasteiger partial charge in [0.2, 0.25) is 0 Å². The molecular formula is C26H41KO9. The van der Waals surface area contributed by atoms with Crippen LogP contribution in [0.3, 0.4) is 0 Å². The normalized spacial score (nSPS) is 31.3. The number of hydrogen-bond acceptors (Lipinski definition) is 9. The molecule has 0 aromatic carbocycles. The van der Waals surface area contributed by atoms with Gasteiger partial charge >= 0.3 is 51.4 Å². The van der Waals surface area contributed by atoms with Gasteiger partial charge in [0.25, 0.3) is 11.9 Å². The molecule has 0 bridgehead atoms. The van der Waals surface area contributed by atoms with Crippen LogP contribution in [-0.4, -0.2) is 71.0 Å². The van der Waals surface area contributed by atoms with Gasteiger partial charge in [-0.3, -0.25) is 0 Å². The van der Waals surface area contributed by atoms with Crippen molar-refractivity contribution in [1.82, 2.24) is 0 Å². The van der Waals surface area contributed by atoms with Crippen molar-refractivity contribution in [3.05, 3.63) is 49.4 Å². The number of allylic oxidation sites excluding steroid dienone is 2. The van der Waals surface area contributed by atoms with Crippen molar-refractivity contribution < 1.29 is 94.4 Å². The van der Waals surface area contributed by atoms with Crippen molar-refractivity contribution in [2.75, 3.05) is 52.9 Å². The van der Waals surface area contributed by atoms with Gasteiger partial charge in [-0.2, -0.15) is 0 Å². The molecule has 0 saturated carbocycles. The van der Waals surface area contributed by atoms with Crippen LogP contribution in [0.25, 0.3) is 0 Å². The second kappa shape index (κ2) is 15.9. The Kier molecular flexibility index (Phi) is 14.8.